The number of anilines is 2. The van der Waals surface area contributed by atoms with Gasteiger partial charge in [-0.05, 0) is 64.5 Å². The van der Waals surface area contributed by atoms with Crippen LogP contribution in [0.25, 0.3) is 11.3 Å². The number of rotatable bonds is 2. The van der Waals surface area contributed by atoms with E-state index in [1.54, 1.807) is 54.7 Å². The third kappa shape index (κ3) is 11.8. The molecule has 2 aromatic heterocycles. The van der Waals surface area contributed by atoms with E-state index < -0.39 is 18.8 Å². The van der Waals surface area contributed by atoms with Crippen LogP contribution < -0.4 is 17.1 Å². The second-order valence-electron chi connectivity index (χ2n) is 6.43. The van der Waals surface area contributed by atoms with Crippen LogP contribution >= 0.6 is 51.5 Å². The zero-order chi connectivity index (χ0) is 25.3. The molecule has 15 heteroatoms. The molecule has 6 N–H and O–H groups in total. The average molecular weight is 895 g/mol. The fourth-order valence-corrected chi connectivity index (χ4v) is 3.25. The van der Waals surface area contributed by atoms with E-state index in [4.69, 9.17) is 44.7 Å². The summed E-state index contributed by atoms with van der Waals surface area (Å²) < 4.78 is 26.6. The molecule has 0 atom stereocenters. The van der Waals surface area contributed by atoms with E-state index in [2.05, 4.69) is 25.9 Å². The van der Waals surface area contributed by atoms with Crippen LogP contribution in [0.1, 0.15) is 0 Å². The molecule has 1 radical (unpaired) electrons. The number of nitrogen functional groups attached to an aromatic ring is 2. The van der Waals surface area contributed by atoms with Crippen LogP contribution in [-0.4, -0.2) is 27.1 Å². The molecule has 4 rings (SSSR count). The maximum atomic E-state index is 13.6. The van der Waals surface area contributed by atoms with E-state index in [0.717, 1.165) is 0 Å². The maximum absolute atomic E-state index is 13.6. The van der Waals surface area contributed by atoms with Crippen LogP contribution in [0.2, 0.25) is 10.0 Å². The van der Waals surface area contributed by atoms with Gasteiger partial charge in [0.2, 0.25) is 0 Å². The predicted octanol–water partition coefficient (Wildman–Crippen LogP) is 5.13. The van der Waals surface area contributed by atoms with Crippen molar-refractivity contribution in [3.63, 3.8) is 0 Å². The molecule has 6 nitrogen and oxygen atoms in total. The summed E-state index contributed by atoms with van der Waals surface area (Å²) >= 11 is 14.4. The summed E-state index contributed by atoms with van der Waals surface area (Å²) in [4.78, 5) is 7.67. The van der Waals surface area contributed by atoms with Crippen molar-refractivity contribution < 1.29 is 68.5 Å². The molecule has 0 aliphatic heterocycles. The van der Waals surface area contributed by atoms with Crippen LogP contribution in [0.3, 0.4) is 0 Å². The molecule has 2 heterocycles. The molecule has 193 valence electrons. The summed E-state index contributed by atoms with van der Waals surface area (Å²) in [7, 11) is -1.59. The Bertz CT molecular complexity index is 1250. The van der Waals surface area contributed by atoms with Crippen molar-refractivity contribution in [3.8, 4) is 11.3 Å². The van der Waals surface area contributed by atoms with Crippen LogP contribution in [0.4, 0.5) is 20.2 Å². The predicted molar refractivity (Wildman–Crippen MR) is 144 cm³/mol. The zero-order valence-electron chi connectivity index (χ0n) is 18.7. The third-order valence-corrected chi connectivity index (χ3v) is 5.29. The Hall–Kier alpha value is -0.829. The van der Waals surface area contributed by atoms with Gasteiger partial charge in [-0.2, -0.15) is 0 Å². The van der Waals surface area contributed by atoms with Gasteiger partial charge in [-0.15, -0.1) is 12.4 Å². The quantitative estimate of drug-likeness (QED) is 0.164. The molecule has 0 unspecified atom stereocenters. The Morgan fingerprint density at radius 3 is 1.76 bits per heavy atom. The van der Waals surface area contributed by atoms with Gasteiger partial charge in [0.15, 0.2) is 11.6 Å². The molecule has 0 aliphatic rings. The molecule has 37 heavy (non-hydrogen) atoms. The van der Waals surface area contributed by atoms with Crippen molar-refractivity contribution in [1.82, 2.24) is 9.97 Å². The molecule has 0 saturated heterocycles. The van der Waals surface area contributed by atoms with Crippen molar-refractivity contribution in [3.05, 3.63) is 99.2 Å². The van der Waals surface area contributed by atoms with Crippen molar-refractivity contribution in [1.29, 1.82) is 0 Å². The number of nitrogens with two attached hydrogens (primary N) is 2. The van der Waals surface area contributed by atoms with Gasteiger partial charge in [0.25, 0.3) is 0 Å². The summed E-state index contributed by atoms with van der Waals surface area (Å²) in [5.74, 6) is -0.879. The van der Waals surface area contributed by atoms with Crippen molar-refractivity contribution in [2.24, 2.45) is 0 Å². The normalized spacial score (nSPS) is 9.05. The minimum Gasteiger partial charge on any atom is -0.422 e. The van der Waals surface area contributed by atoms with Crippen LogP contribution in [0, 0.1) is 42.7 Å². The van der Waals surface area contributed by atoms with Gasteiger partial charge in [-0.3, -0.25) is 9.97 Å². The van der Waals surface area contributed by atoms with Gasteiger partial charge in [0, 0.05) is 67.6 Å². The first-order valence-corrected chi connectivity index (χ1v) is 11.0. The number of hydrogen-bond donors (Lipinski definition) is 4. The van der Waals surface area contributed by atoms with Gasteiger partial charge in [-0.25, -0.2) is 8.78 Å². The van der Waals surface area contributed by atoms with E-state index in [-0.39, 0.29) is 84.1 Å². The molecule has 2 aromatic carbocycles. The average Bonchev–Trinajstić information content (AvgIpc) is 2.81. The first kappa shape index (κ1) is 38.3. The molecule has 0 fully saturated rings. The Morgan fingerprint density at radius 2 is 1.30 bits per heavy atom. The van der Waals surface area contributed by atoms with Crippen LogP contribution in [0.5, 0.6) is 0 Å². The Labute approximate surface area is 273 Å². The monoisotopic (exact) mass is 893 g/mol. The van der Waals surface area contributed by atoms with Gasteiger partial charge in [0.05, 0.1) is 37.2 Å². The smallest absolute Gasteiger partial charge is 0.422 e. The molecule has 4 aromatic rings. The van der Waals surface area contributed by atoms with E-state index in [0.29, 0.717) is 20.8 Å². The van der Waals surface area contributed by atoms with Crippen molar-refractivity contribution in [2.75, 3.05) is 11.5 Å². The topological polar surface area (TPSA) is 118 Å². The molecule has 0 spiro atoms. The standard InChI is InChI=1S/C11H8ClFN2.C6H5BrFN.C5H5BClNO2.ClH.U.V/c12-8-4-2-6-15-11(8)7-3-1-5-9(14)10(7)13;7-4-2-1-3-5(9)6(4)8;7-4-2-1-3-8-5(4)6(9)10;;;/h1-6H,14H2;1-3H,9H2;1-3,9-10H;1H;;. The summed E-state index contributed by atoms with van der Waals surface area (Å²) in [6.07, 6.45) is 3.00. The fraction of sp³-hybridized carbons (Fsp3) is 0. The van der Waals surface area contributed by atoms with E-state index >= 15 is 0 Å². The molecule has 0 saturated carbocycles. The van der Waals surface area contributed by atoms with E-state index in [9.17, 15) is 8.78 Å². The Balaban J connectivity index is 0. The summed E-state index contributed by atoms with van der Waals surface area (Å²) in [5, 5.41) is 17.9. The first-order valence-electron chi connectivity index (χ1n) is 9.44. The van der Waals surface area contributed by atoms with Crippen molar-refractivity contribution >= 4 is 75.6 Å². The summed E-state index contributed by atoms with van der Waals surface area (Å²) in [6.45, 7) is 0. The number of halogens is 6. The van der Waals surface area contributed by atoms with E-state index in [1.165, 1.54) is 18.3 Å². The van der Waals surface area contributed by atoms with Crippen LogP contribution in [-0.2, 0) is 18.6 Å². The Morgan fingerprint density at radius 1 is 0.784 bits per heavy atom. The molecule has 0 bridgehead atoms. The fourth-order valence-electron chi connectivity index (χ4n) is 2.42. The Kier molecular flexibility index (Phi) is 20.0. The number of aromatic nitrogens is 2. The zero-order valence-corrected chi connectivity index (χ0v) is 28.2. The number of pyridine rings is 2. The van der Waals surface area contributed by atoms with Crippen LogP contribution in [0.15, 0.2) is 77.5 Å². The third-order valence-electron chi connectivity index (χ3n) is 4.06. The number of nitrogens with zero attached hydrogens (tertiary/aromatic N) is 2. The largest absolute Gasteiger partial charge is 0.509 e. The SMILES string of the molecule is Cl.Nc1cccc(-c2ncccc2Cl)c1F.Nc1cccc(Br)c1F.OB(O)c1ncccc1Cl.[U].[V]. The number of hydrogen-bond acceptors (Lipinski definition) is 6. The van der Waals surface area contributed by atoms with Gasteiger partial charge < -0.3 is 21.5 Å². The summed E-state index contributed by atoms with van der Waals surface area (Å²) in [6, 6.07) is 16.1. The molecule has 0 amide bonds. The van der Waals surface area contributed by atoms with Gasteiger partial charge in [-0.1, -0.05) is 35.3 Å². The molecular formula is C22H19BBrCl3F2N4O2UV. The molecular weight excluding hydrogens is 876 g/mol. The minimum atomic E-state index is -1.59. The maximum Gasteiger partial charge on any atom is 0.509 e. The van der Waals surface area contributed by atoms with E-state index in [1.807, 2.05) is 0 Å². The van der Waals surface area contributed by atoms with Crippen molar-refractivity contribution in [2.45, 2.75) is 0 Å². The second-order valence-corrected chi connectivity index (χ2v) is 8.10. The van der Waals surface area contributed by atoms with Gasteiger partial charge in [0.1, 0.15) is 0 Å². The second kappa shape index (κ2) is 19.3. The summed E-state index contributed by atoms with van der Waals surface area (Å²) in [5.41, 5.74) is 11.8. The minimum absolute atomic E-state index is 0. The number of benzene rings is 2. The van der Waals surface area contributed by atoms with Gasteiger partial charge >= 0.3 is 7.12 Å². The first-order chi connectivity index (χ1) is 16.1. The molecule has 0 aliphatic carbocycles.